The Morgan fingerprint density at radius 3 is 1.95 bits per heavy atom. The average Bonchev–Trinajstić information content (AvgIpc) is 2.48. The van der Waals surface area contributed by atoms with Crippen molar-refractivity contribution in [1.82, 2.24) is 4.90 Å². The van der Waals surface area contributed by atoms with Crippen LogP contribution in [-0.4, -0.2) is 36.3 Å². The molecule has 0 spiro atoms. The Kier molecular flexibility index (Phi) is 7.51. The second kappa shape index (κ2) is 9.16. The summed E-state index contributed by atoms with van der Waals surface area (Å²) in [4.78, 5) is 28.1. The Morgan fingerprint density at radius 2 is 1.48 bits per heavy atom. The molecular weight excluding hydrogens is 264 g/mol. The topological polar surface area (TPSA) is 40.6 Å². The fraction of sp³-hybridized carbons (Fsp3) is 0.529. The monoisotopic (exact) mass is 290 g/mol. The lowest BCUT2D eigenvalue weighted by atomic mass is 10.2. The summed E-state index contributed by atoms with van der Waals surface area (Å²) in [7, 11) is 0. The van der Waals surface area contributed by atoms with Gasteiger partial charge in [0, 0.05) is 25.3 Å². The van der Waals surface area contributed by atoms with Gasteiger partial charge >= 0.3 is 0 Å². The van der Waals surface area contributed by atoms with Crippen molar-refractivity contribution >= 4 is 17.5 Å². The number of hydrogen-bond donors (Lipinski definition) is 0. The number of rotatable bonds is 8. The van der Waals surface area contributed by atoms with Crippen LogP contribution in [-0.2, 0) is 9.59 Å². The van der Waals surface area contributed by atoms with E-state index >= 15 is 0 Å². The van der Waals surface area contributed by atoms with E-state index in [1.807, 2.05) is 51.1 Å². The number of amides is 2. The Labute approximate surface area is 127 Å². The van der Waals surface area contributed by atoms with Crippen molar-refractivity contribution in [3.8, 4) is 0 Å². The highest BCUT2D eigenvalue weighted by Crippen LogP contribution is 2.14. The predicted octanol–water partition coefficient (Wildman–Crippen LogP) is 3.08. The molecular formula is C17H26N2O2. The van der Waals surface area contributed by atoms with Crippen molar-refractivity contribution in [3.63, 3.8) is 0 Å². The molecule has 1 rings (SSSR count). The zero-order valence-corrected chi connectivity index (χ0v) is 13.3. The summed E-state index contributed by atoms with van der Waals surface area (Å²) in [6.45, 7) is 8.01. The molecule has 0 radical (unpaired) electrons. The predicted molar refractivity (Wildman–Crippen MR) is 86.2 cm³/mol. The van der Waals surface area contributed by atoms with E-state index in [9.17, 15) is 9.59 Å². The van der Waals surface area contributed by atoms with E-state index in [1.54, 1.807) is 9.80 Å². The first kappa shape index (κ1) is 17.2. The van der Waals surface area contributed by atoms with Gasteiger partial charge < -0.3 is 9.80 Å². The molecule has 116 valence electrons. The second-order valence-corrected chi connectivity index (χ2v) is 5.03. The van der Waals surface area contributed by atoms with E-state index in [2.05, 4.69) is 0 Å². The van der Waals surface area contributed by atoms with Gasteiger partial charge in [0.1, 0.15) is 6.42 Å². The number of anilines is 1. The maximum atomic E-state index is 12.4. The third-order valence-electron chi connectivity index (χ3n) is 3.33. The highest BCUT2D eigenvalue weighted by molar-refractivity contribution is 6.04. The summed E-state index contributed by atoms with van der Waals surface area (Å²) in [5.74, 6) is -0.205. The van der Waals surface area contributed by atoms with Crippen molar-refractivity contribution in [2.45, 2.75) is 40.0 Å². The molecule has 0 unspecified atom stereocenters. The van der Waals surface area contributed by atoms with Gasteiger partial charge in [-0.1, -0.05) is 32.0 Å². The van der Waals surface area contributed by atoms with Crippen LogP contribution in [0.2, 0.25) is 0 Å². The van der Waals surface area contributed by atoms with Gasteiger partial charge in [0.2, 0.25) is 11.8 Å². The molecule has 0 atom stereocenters. The van der Waals surface area contributed by atoms with Crippen LogP contribution in [0.4, 0.5) is 5.69 Å². The minimum atomic E-state index is -0.133. The third kappa shape index (κ3) is 5.21. The lowest BCUT2D eigenvalue weighted by Gasteiger charge is -2.24. The minimum absolute atomic E-state index is 0.0528. The van der Waals surface area contributed by atoms with Crippen LogP contribution in [0.15, 0.2) is 30.3 Å². The summed E-state index contributed by atoms with van der Waals surface area (Å²) in [5, 5.41) is 0. The number of carbonyl (C=O) groups excluding carboxylic acids is 2. The molecule has 4 heteroatoms. The maximum Gasteiger partial charge on any atom is 0.236 e. The lowest BCUT2D eigenvalue weighted by molar-refractivity contribution is -0.135. The second-order valence-electron chi connectivity index (χ2n) is 5.03. The van der Waals surface area contributed by atoms with E-state index < -0.39 is 0 Å². The van der Waals surface area contributed by atoms with Crippen molar-refractivity contribution in [3.05, 3.63) is 30.3 Å². The number of para-hydroxylation sites is 1. The zero-order chi connectivity index (χ0) is 15.7. The Hall–Kier alpha value is -1.84. The minimum Gasteiger partial charge on any atom is -0.342 e. The molecule has 0 heterocycles. The van der Waals surface area contributed by atoms with Gasteiger partial charge in [-0.2, -0.15) is 0 Å². The molecule has 0 aromatic heterocycles. The van der Waals surface area contributed by atoms with Crippen molar-refractivity contribution in [2.75, 3.05) is 24.5 Å². The van der Waals surface area contributed by atoms with E-state index in [4.69, 9.17) is 0 Å². The quantitative estimate of drug-likeness (QED) is 0.690. The molecule has 2 amide bonds. The van der Waals surface area contributed by atoms with Gasteiger partial charge in [-0.3, -0.25) is 9.59 Å². The highest BCUT2D eigenvalue weighted by Gasteiger charge is 2.20. The largest absolute Gasteiger partial charge is 0.342 e. The first-order valence-corrected chi connectivity index (χ1v) is 7.77. The SMILES string of the molecule is CCCN(CCC)C(=O)CC(=O)N(CC)c1ccccc1. The van der Waals surface area contributed by atoms with Crippen molar-refractivity contribution < 1.29 is 9.59 Å². The summed E-state index contributed by atoms with van der Waals surface area (Å²) < 4.78 is 0. The van der Waals surface area contributed by atoms with Gasteiger partial charge in [-0.25, -0.2) is 0 Å². The Bertz CT molecular complexity index is 439. The summed E-state index contributed by atoms with van der Waals surface area (Å²) in [5.41, 5.74) is 0.843. The molecule has 1 aromatic carbocycles. The molecule has 0 aliphatic carbocycles. The molecule has 0 saturated carbocycles. The molecule has 0 saturated heterocycles. The summed E-state index contributed by atoms with van der Waals surface area (Å²) in [6.07, 6.45) is 1.77. The van der Waals surface area contributed by atoms with Gasteiger partial charge in [0.25, 0.3) is 0 Å². The van der Waals surface area contributed by atoms with Crippen LogP contribution in [0.25, 0.3) is 0 Å². The maximum absolute atomic E-state index is 12.4. The molecule has 0 bridgehead atoms. The molecule has 0 fully saturated rings. The first-order valence-electron chi connectivity index (χ1n) is 7.77. The standard InChI is InChI=1S/C17H26N2O2/c1-4-12-18(13-5-2)16(20)14-17(21)19(6-3)15-10-8-7-9-11-15/h7-11H,4-6,12-14H2,1-3H3. The normalized spacial score (nSPS) is 10.2. The van der Waals surface area contributed by atoms with Gasteiger partial charge in [0.15, 0.2) is 0 Å². The summed E-state index contributed by atoms with van der Waals surface area (Å²) >= 11 is 0. The smallest absolute Gasteiger partial charge is 0.236 e. The highest BCUT2D eigenvalue weighted by atomic mass is 16.2. The molecule has 0 aliphatic heterocycles. The number of nitrogens with zero attached hydrogens (tertiary/aromatic N) is 2. The number of hydrogen-bond acceptors (Lipinski definition) is 2. The van der Waals surface area contributed by atoms with Crippen molar-refractivity contribution in [1.29, 1.82) is 0 Å². The van der Waals surface area contributed by atoms with Crippen LogP contribution in [0.1, 0.15) is 40.0 Å². The molecule has 0 N–H and O–H groups in total. The van der Waals surface area contributed by atoms with Crippen molar-refractivity contribution in [2.24, 2.45) is 0 Å². The molecule has 1 aromatic rings. The fourth-order valence-corrected chi connectivity index (χ4v) is 2.35. The fourth-order valence-electron chi connectivity index (χ4n) is 2.35. The van der Waals surface area contributed by atoms with Crippen LogP contribution in [0.3, 0.4) is 0 Å². The van der Waals surface area contributed by atoms with E-state index in [0.29, 0.717) is 6.54 Å². The van der Waals surface area contributed by atoms with Gasteiger partial charge in [0.05, 0.1) is 0 Å². The van der Waals surface area contributed by atoms with Crippen LogP contribution >= 0.6 is 0 Å². The summed E-state index contributed by atoms with van der Waals surface area (Å²) in [6, 6.07) is 9.49. The molecule has 0 aliphatic rings. The molecule has 21 heavy (non-hydrogen) atoms. The van der Waals surface area contributed by atoms with E-state index in [-0.39, 0.29) is 18.2 Å². The lowest BCUT2D eigenvalue weighted by Crippen LogP contribution is -2.38. The van der Waals surface area contributed by atoms with Gasteiger partial charge in [-0.15, -0.1) is 0 Å². The van der Waals surface area contributed by atoms with Crippen LogP contribution in [0.5, 0.6) is 0 Å². The Balaban J connectivity index is 2.71. The van der Waals surface area contributed by atoms with E-state index in [1.165, 1.54) is 0 Å². The van der Waals surface area contributed by atoms with Gasteiger partial charge in [-0.05, 0) is 31.9 Å². The van der Waals surface area contributed by atoms with E-state index in [0.717, 1.165) is 31.6 Å². The Morgan fingerprint density at radius 1 is 0.905 bits per heavy atom. The molecule has 4 nitrogen and oxygen atoms in total. The first-order chi connectivity index (χ1) is 10.1. The third-order valence-corrected chi connectivity index (χ3v) is 3.33. The number of benzene rings is 1. The average molecular weight is 290 g/mol. The van der Waals surface area contributed by atoms with Crippen LogP contribution in [0, 0.1) is 0 Å². The zero-order valence-electron chi connectivity index (χ0n) is 13.3. The number of carbonyl (C=O) groups is 2. The van der Waals surface area contributed by atoms with Crippen LogP contribution < -0.4 is 4.90 Å².